The third kappa shape index (κ3) is 3.08. The van der Waals surface area contributed by atoms with Gasteiger partial charge in [-0.25, -0.2) is 0 Å². The van der Waals surface area contributed by atoms with E-state index in [-0.39, 0.29) is 6.10 Å². The van der Waals surface area contributed by atoms with E-state index in [0.29, 0.717) is 18.6 Å². The Balaban J connectivity index is 1.69. The van der Waals surface area contributed by atoms with E-state index in [1.807, 2.05) is 30.3 Å². The van der Waals surface area contributed by atoms with Crippen molar-refractivity contribution in [1.82, 2.24) is 0 Å². The lowest BCUT2D eigenvalue weighted by Crippen LogP contribution is -2.25. The first kappa shape index (κ1) is 12.9. The van der Waals surface area contributed by atoms with Crippen molar-refractivity contribution in [2.75, 3.05) is 0 Å². The molecule has 0 heterocycles. The van der Waals surface area contributed by atoms with Crippen molar-refractivity contribution in [3.05, 3.63) is 54.6 Å². The number of hydrogen-bond donors (Lipinski definition) is 0. The monoisotopic (exact) mass is 266 g/mol. The molecule has 0 radical (unpaired) electrons. The quantitative estimate of drug-likeness (QED) is 0.830. The van der Waals surface area contributed by atoms with E-state index in [2.05, 4.69) is 24.3 Å². The molecule has 0 bridgehead atoms. The Hall–Kier alpha value is -2.09. The molecule has 1 atom stereocenters. The first-order valence-corrected chi connectivity index (χ1v) is 7.15. The third-order valence-electron chi connectivity index (χ3n) is 3.70. The van der Waals surface area contributed by atoms with E-state index < -0.39 is 0 Å². The van der Waals surface area contributed by atoms with Crippen molar-refractivity contribution in [2.24, 2.45) is 0 Å². The Kier molecular flexibility index (Phi) is 3.82. The molecule has 0 saturated heterocycles. The van der Waals surface area contributed by atoms with Crippen molar-refractivity contribution in [2.45, 2.75) is 31.8 Å². The Bertz CT molecular complexity index is 572. The second-order valence-electron chi connectivity index (χ2n) is 5.27. The predicted molar refractivity (Wildman–Crippen MR) is 79.8 cm³/mol. The van der Waals surface area contributed by atoms with Gasteiger partial charge in [-0.2, -0.15) is 0 Å². The lowest BCUT2D eigenvalue weighted by atomic mass is 9.96. The molecule has 2 nitrogen and oxygen atoms in total. The molecule has 1 aliphatic carbocycles. The fourth-order valence-corrected chi connectivity index (χ4v) is 2.63. The van der Waals surface area contributed by atoms with Crippen LogP contribution >= 0.6 is 0 Å². The number of hydrogen-bond acceptors (Lipinski definition) is 2. The van der Waals surface area contributed by atoms with Gasteiger partial charge in [0.15, 0.2) is 0 Å². The number of carbonyl (C=O) groups is 1. The van der Waals surface area contributed by atoms with E-state index in [0.717, 1.165) is 18.6 Å². The minimum atomic E-state index is 0.0545. The van der Waals surface area contributed by atoms with Gasteiger partial charge >= 0.3 is 0 Å². The van der Waals surface area contributed by atoms with E-state index in [1.54, 1.807) is 0 Å². The molecule has 1 aliphatic rings. The smallest absolute Gasteiger partial charge is 0.136 e. The zero-order chi connectivity index (χ0) is 13.8. The van der Waals surface area contributed by atoms with Gasteiger partial charge in [-0.05, 0) is 36.1 Å². The summed E-state index contributed by atoms with van der Waals surface area (Å²) in [6.45, 7) is 0. The molecule has 0 spiro atoms. The SMILES string of the molecule is O=C1CCCC(Oc2ccc(-c3ccccc3)cc2)C1. The maximum Gasteiger partial charge on any atom is 0.136 e. The maximum absolute atomic E-state index is 11.4. The Morgan fingerprint density at radius 3 is 2.30 bits per heavy atom. The molecule has 0 aliphatic heterocycles. The van der Waals surface area contributed by atoms with Crippen LogP contribution in [-0.2, 0) is 4.79 Å². The molecule has 20 heavy (non-hydrogen) atoms. The molecule has 1 unspecified atom stereocenters. The molecule has 102 valence electrons. The van der Waals surface area contributed by atoms with Gasteiger partial charge in [-0.15, -0.1) is 0 Å². The van der Waals surface area contributed by atoms with Crippen molar-refractivity contribution >= 4 is 5.78 Å². The highest BCUT2D eigenvalue weighted by Crippen LogP contribution is 2.25. The van der Waals surface area contributed by atoms with Gasteiger partial charge in [0.1, 0.15) is 17.6 Å². The Morgan fingerprint density at radius 2 is 1.60 bits per heavy atom. The van der Waals surface area contributed by atoms with Gasteiger partial charge in [-0.3, -0.25) is 4.79 Å². The highest BCUT2D eigenvalue weighted by molar-refractivity contribution is 5.79. The van der Waals surface area contributed by atoms with Gasteiger partial charge in [0.2, 0.25) is 0 Å². The van der Waals surface area contributed by atoms with Crippen molar-refractivity contribution < 1.29 is 9.53 Å². The van der Waals surface area contributed by atoms with E-state index in [1.165, 1.54) is 11.1 Å². The first-order chi connectivity index (χ1) is 9.81. The molecule has 3 rings (SSSR count). The summed E-state index contributed by atoms with van der Waals surface area (Å²) in [4.78, 5) is 11.4. The molecule has 0 N–H and O–H groups in total. The van der Waals surface area contributed by atoms with Gasteiger partial charge in [0.25, 0.3) is 0 Å². The zero-order valence-corrected chi connectivity index (χ0v) is 11.4. The number of Topliss-reactive ketones (excluding diaryl/α,β-unsaturated/α-hetero) is 1. The second kappa shape index (κ2) is 5.91. The first-order valence-electron chi connectivity index (χ1n) is 7.15. The Morgan fingerprint density at radius 1 is 0.900 bits per heavy atom. The summed E-state index contributed by atoms with van der Waals surface area (Å²) in [6, 6.07) is 18.4. The van der Waals surface area contributed by atoms with Crippen LogP contribution in [0.1, 0.15) is 25.7 Å². The zero-order valence-electron chi connectivity index (χ0n) is 11.4. The fourth-order valence-electron chi connectivity index (χ4n) is 2.63. The van der Waals surface area contributed by atoms with Gasteiger partial charge in [-0.1, -0.05) is 42.5 Å². The van der Waals surface area contributed by atoms with Crippen LogP contribution < -0.4 is 4.74 Å². The third-order valence-corrected chi connectivity index (χ3v) is 3.70. The molecule has 0 amide bonds. The van der Waals surface area contributed by atoms with Crippen LogP contribution in [0.3, 0.4) is 0 Å². The Labute approximate surface area is 119 Å². The summed E-state index contributed by atoms with van der Waals surface area (Å²) in [5.41, 5.74) is 2.38. The van der Waals surface area contributed by atoms with Crippen molar-refractivity contribution in [1.29, 1.82) is 0 Å². The average molecular weight is 266 g/mol. The van der Waals surface area contributed by atoms with Gasteiger partial charge in [0.05, 0.1) is 0 Å². The minimum absolute atomic E-state index is 0.0545. The van der Waals surface area contributed by atoms with Crippen molar-refractivity contribution in [3.63, 3.8) is 0 Å². The summed E-state index contributed by atoms with van der Waals surface area (Å²) in [5, 5.41) is 0. The minimum Gasteiger partial charge on any atom is -0.490 e. The highest BCUT2D eigenvalue weighted by atomic mass is 16.5. The average Bonchev–Trinajstić information content (AvgIpc) is 2.49. The van der Waals surface area contributed by atoms with Crippen LogP contribution in [0, 0.1) is 0 Å². The lowest BCUT2D eigenvalue weighted by Gasteiger charge is -2.22. The number of ether oxygens (including phenoxy) is 1. The fraction of sp³-hybridized carbons (Fsp3) is 0.278. The second-order valence-corrected chi connectivity index (χ2v) is 5.27. The molecule has 1 fully saturated rings. The van der Waals surface area contributed by atoms with Crippen molar-refractivity contribution in [3.8, 4) is 16.9 Å². The normalized spacial score (nSPS) is 18.8. The van der Waals surface area contributed by atoms with Crippen LogP contribution in [0.25, 0.3) is 11.1 Å². The topological polar surface area (TPSA) is 26.3 Å². The van der Waals surface area contributed by atoms with Crippen LogP contribution in [0.15, 0.2) is 54.6 Å². The molecule has 2 aromatic carbocycles. The summed E-state index contributed by atoms with van der Waals surface area (Å²) < 4.78 is 5.90. The van der Waals surface area contributed by atoms with Crippen LogP contribution in [0.4, 0.5) is 0 Å². The van der Waals surface area contributed by atoms with Crippen LogP contribution in [0.2, 0.25) is 0 Å². The standard InChI is InChI=1S/C18H18O2/c19-16-7-4-8-18(13-16)20-17-11-9-15(10-12-17)14-5-2-1-3-6-14/h1-3,5-6,9-12,18H,4,7-8,13H2. The largest absolute Gasteiger partial charge is 0.490 e. The van der Waals surface area contributed by atoms with E-state index in [4.69, 9.17) is 4.74 Å². The molecule has 2 heteroatoms. The number of carbonyl (C=O) groups excluding carboxylic acids is 1. The lowest BCUT2D eigenvalue weighted by molar-refractivity contribution is -0.122. The van der Waals surface area contributed by atoms with Crippen LogP contribution in [0.5, 0.6) is 5.75 Å². The molecule has 1 saturated carbocycles. The summed E-state index contributed by atoms with van der Waals surface area (Å²) >= 11 is 0. The number of benzene rings is 2. The molecule has 0 aromatic heterocycles. The molecular formula is C18H18O2. The summed E-state index contributed by atoms with van der Waals surface area (Å²) in [5.74, 6) is 1.17. The number of ketones is 1. The van der Waals surface area contributed by atoms with Gasteiger partial charge in [0, 0.05) is 12.8 Å². The van der Waals surface area contributed by atoms with Gasteiger partial charge < -0.3 is 4.74 Å². The maximum atomic E-state index is 11.4. The summed E-state index contributed by atoms with van der Waals surface area (Å²) in [7, 11) is 0. The highest BCUT2D eigenvalue weighted by Gasteiger charge is 2.20. The predicted octanol–water partition coefficient (Wildman–Crippen LogP) is 4.24. The van der Waals surface area contributed by atoms with E-state index in [9.17, 15) is 4.79 Å². The van der Waals surface area contributed by atoms with E-state index >= 15 is 0 Å². The molecule has 2 aromatic rings. The summed E-state index contributed by atoms with van der Waals surface area (Å²) in [6.07, 6.45) is 3.25. The molecular weight excluding hydrogens is 248 g/mol. The van der Waals surface area contributed by atoms with Crippen LogP contribution in [-0.4, -0.2) is 11.9 Å². The number of rotatable bonds is 3.